The molecule has 1 heterocycles. The first-order chi connectivity index (χ1) is 9.11. The Morgan fingerprint density at radius 3 is 2.79 bits per heavy atom. The van der Waals surface area contributed by atoms with Gasteiger partial charge in [-0.05, 0) is 36.8 Å². The number of thiocarbonyl (C=S) groups is 1. The number of anilines is 2. The summed E-state index contributed by atoms with van der Waals surface area (Å²) in [6, 6.07) is 7.44. The Morgan fingerprint density at radius 1 is 1.37 bits per heavy atom. The van der Waals surface area contributed by atoms with Crippen molar-refractivity contribution >= 4 is 28.7 Å². The van der Waals surface area contributed by atoms with E-state index < -0.39 is 0 Å². The van der Waals surface area contributed by atoms with Gasteiger partial charge in [0.25, 0.3) is 0 Å². The monoisotopic (exact) mass is 274 g/mol. The van der Waals surface area contributed by atoms with Crippen molar-refractivity contribution in [3.63, 3.8) is 0 Å². The average molecular weight is 274 g/mol. The lowest BCUT2D eigenvalue weighted by Gasteiger charge is -2.12. The molecule has 2 aromatic rings. The number of hydrogen-bond donors (Lipinski definition) is 2. The Bertz CT molecular complexity index is 615. The molecule has 0 saturated carbocycles. The predicted molar refractivity (Wildman–Crippen MR) is 78.9 cm³/mol. The number of nitrogens with zero attached hydrogens (tertiary/aromatic N) is 2. The molecular formula is C13H14N4OS. The number of nitrogens with two attached hydrogens (primary N) is 1. The molecule has 1 aromatic carbocycles. The van der Waals surface area contributed by atoms with Crippen LogP contribution in [0.4, 0.5) is 11.5 Å². The minimum Gasteiger partial charge on any atom is -0.497 e. The zero-order valence-corrected chi connectivity index (χ0v) is 11.5. The second-order valence-corrected chi connectivity index (χ2v) is 4.40. The zero-order chi connectivity index (χ0) is 13.8. The van der Waals surface area contributed by atoms with Crippen molar-refractivity contribution in [3.8, 4) is 5.75 Å². The van der Waals surface area contributed by atoms with Crippen molar-refractivity contribution in [2.24, 2.45) is 5.73 Å². The molecule has 0 spiro atoms. The van der Waals surface area contributed by atoms with Crippen LogP contribution in [0.5, 0.6) is 5.75 Å². The summed E-state index contributed by atoms with van der Waals surface area (Å²) in [5.41, 5.74) is 8.25. The van der Waals surface area contributed by atoms with Crippen molar-refractivity contribution < 1.29 is 4.74 Å². The number of aryl methyl sites for hydroxylation is 1. The van der Waals surface area contributed by atoms with Crippen molar-refractivity contribution in [2.75, 3.05) is 12.4 Å². The summed E-state index contributed by atoms with van der Waals surface area (Å²) in [7, 11) is 1.63. The van der Waals surface area contributed by atoms with Crippen molar-refractivity contribution in [1.29, 1.82) is 0 Å². The molecule has 0 radical (unpaired) electrons. The van der Waals surface area contributed by atoms with Gasteiger partial charge in [0.05, 0.1) is 18.9 Å². The molecule has 0 bridgehead atoms. The van der Waals surface area contributed by atoms with Crippen LogP contribution in [0, 0.1) is 6.92 Å². The maximum Gasteiger partial charge on any atom is 0.163 e. The third kappa shape index (κ3) is 2.97. The van der Waals surface area contributed by atoms with Crippen molar-refractivity contribution in [3.05, 3.63) is 41.6 Å². The molecule has 0 unspecified atom stereocenters. The second-order valence-electron chi connectivity index (χ2n) is 3.96. The molecule has 0 fully saturated rings. The smallest absolute Gasteiger partial charge is 0.163 e. The first kappa shape index (κ1) is 13.2. The molecule has 1 aromatic heterocycles. The normalized spacial score (nSPS) is 10.0. The Hall–Kier alpha value is -2.21. The first-order valence-corrected chi connectivity index (χ1v) is 6.06. The van der Waals surface area contributed by atoms with E-state index in [1.165, 1.54) is 0 Å². The summed E-state index contributed by atoms with van der Waals surface area (Å²) in [5, 5.41) is 11.0. The van der Waals surface area contributed by atoms with Gasteiger partial charge in [-0.15, -0.1) is 5.10 Å². The quantitative estimate of drug-likeness (QED) is 0.832. The van der Waals surface area contributed by atoms with Crippen LogP contribution in [-0.2, 0) is 0 Å². The Kier molecular flexibility index (Phi) is 3.91. The SMILES string of the molecule is COc1ccc(Nc2nnccc2C(N)=S)c(C)c1. The minimum absolute atomic E-state index is 0.281. The molecule has 98 valence electrons. The highest BCUT2D eigenvalue weighted by Gasteiger charge is 2.08. The molecule has 19 heavy (non-hydrogen) atoms. The molecule has 0 aliphatic heterocycles. The van der Waals surface area contributed by atoms with Gasteiger partial charge >= 0.3 is 0 Å². The number of methoxy groups -OCH3 is 1. The molecule has 5 nitrogen and oxygen atoms in total. The minimum atomic E-state index is 0.281. The van der Waals surface area contributed by atoms with Gasteiger partial charge in [0, 0.05) is 5.69 Å². The lowest BCUT2D eigenvalue weighted by Crippen LogP contribution is -2.13. The highest BCUT2D eigenvalue weighted by atomic mass is 32.1. The fourth-order valence-corrected chi connectivity index (χ4v) is 1.82. The van der Waals surface area contributed by atoms with Gasteiger partial charge < -0.3 is 15.8 Å². The maximum absolute atomic E-state index is 5.66. The Morgan fingerprint density at radius 2 is 2.16 bits per heavy atom. The fourth-order valence-electron chi connectivity index (χ4n) is 1.65. The molecular weight excluding hydrogens is 260 g/mol. The van der Waals surface area contributed by atoms with Gasteiger partial charge in [0.15, 0.2) is 5.82 Å². The number of hydrogen-bond acceptors (Lipinski definition) is 5. The van der Waals surface area contributed by atoms with E-state index in [0.717, 1.165) is 17.0 Å². The molecule has 0 saturated heterocycles. The van der Waals surface area contributed by atoms with E-state index in [1.807, 2.05) is 25.1 Å². The van der Waals surface area contributed by atoms with E-state index in [2.05, 4.69) is 15.5 Å². The van der Waals surface area contributed by atoms with Crippen LogP contribution < -0.4 is 15.8 Å². The number of ether oxygens (including phenoxy) is 1. The molecule has 0 amide bonds. The number of aromatic nitrogens is 2. The van der Waals surface area contributed by atoms with Gasteiger partial charge in [0.1, 0.15) is 10.7 Å². The van der Waals surface area contributed by atoms with E-state index in [4.69, 9.17) is 22.7 Å². The lowest BCUT2D eigenvalue weighted by molar-refractivity contribution is 0.414. The van der Waals surface area contributed by atoms with Crippen molar-refractivity contribution in [1.82, 2.24) is 10.2 Å². The van der Waals surface area contributed by atoms with Gasteiger partial charge in [-0.3, -0.25) is 0 Å². The van der Waals surface area contributed by atoms with Gasteiger partial charge in [-0.25, -0.2) is 0 Å². The van der Waals surface area contributed by atoms with Crippen molar-refractivity contribution in [2.45, 2.75) is 6.92 Å². The zero-order valence-electron chi connectivity index (χ0n) is 10.7. The summed E-state index contributed by atoms with van der Waals surface area (Å²) in [5.74, 6) is 1.35. The van der Waals surface area contributed by atoms with Gasteiger partial charge in [0.2, 0.25) is 0 Å². The number of nitrogens with one attached hydrogen (secondary N) is 1. The molecule has 0 atom stereocenters. The third-order valence-corrected chi connectivity index (χ3v) is 2.89. The van der Waals surface area contributed by atoms with Crippen LogP contribution in [0.3, 0.4) is 0 Å². The van der Waals surface area contributed by atoms with E-state index in [-0.39, 0.29) is 4.99 Å². The Labute approximate surface area is 116 Å². The predicted octanol–water partition coefficient (Wildman–Crippen LogP) is 2.17. The summed E-state index contributed by atoms with van der Waals surface area (Å²) in [4.78, 5) is 0.281. The van der Waals surface area contributed by atoms with E-state index in [1.54, 1.807) is 19.4 Å². The van der Waals surface area contributed by atoms with Crippen LogP contribution in [0.2, 0.25) is 0 Å². The van der Waals surface area contributed by atoms with Crippen LogP contribution >= 0.6 is 12.2 Å². The molecule has 6 heteroatoms. The number of benzene rings is 1. The molecule has 0 aliphatic rings. The molecule has 2 rings (SSSR count). The van der Waals surface area contributed by atoms with Crippen LogP contribution in [0.25, 0.3) is 0 Å². The maximum atomic E-state index is 5.66. The first-order valence-electron chi connectivity index (χ1n) is 5.65. The lowest BCUT2D eigenvalue weighted by atomic mass is 10.2. The molecule has 0 aliphatic carbocycles. The summed E-state index contributed by atoms with van der Waals surface area (Å²) in [6.45, 7) is 1.97. The Balaban J connectivity index is 2.34. The van der Waals surface area contributed by atoms with E-state index >= 15 is 0 Å². The van der Waals surface area contributed by atoms with Crippen LogP contribution in [-0.4, -0.2) is 22.3 Å². The summed E-state index contributed by atoms with van der Waals surface area (Å²) in [6.07, 6.45) is 1.56. The van der Waals surface area contributed by atoms with Gasteiger partial charge in [-0.2, -0.15) is 5.10 Å². The standard InChI is InChI=1S/C13H14N4OS/c1-8-7-9(18-2)3-4-11(8)16-13-10(12(14)19)5-6-15-17-13/h3-7H,1-2H3,(H2,14,19)(H,16,17). The topological polar surface area (TPSA) is 73.1 Å². The van der Waals surface area contributed by atoms with E-state index in [9.17, 15) is 0 Å². The number of rotatable bonds is 4. The third-order valence-electron chi connectivity index (χ3n) is 2.67. The highest BCUT2D eigenvalue weighted by Crippen LogP contribution is 2.24. The second kappa shape index (κ2) is 5.62. The van der Waals surface area contributed by atoms with Crippen LogP contribution in [0.15, 0.2) is 30.5 Å². The molecule has 3 N–H and O–H groups in total. The van der Waals surface area contributed by atoms with Crippen LogP contribution in [0.1, 0.15) is 11.1 Å². The average Bonchev–Trinajstić information content (AvgIpc) is 2.41. The summed E-state index contributed by atoms with van der Waals surface area (Å²) < 4.78 is 5.17. The van der Waals surface area contributed by atoms with Gasteiger partial charge in [-0.1, -0.05) is 12.2 Å². The largest absolute Gasteiger partial charge is 0.497 e. The fraction of sp³-hybridized carbons (Fsp3) is 0.154. The summed E-state index contributed by atoms with van der Waals surface area (Å²) >= 11 is 4.99. The highest BCUT2D eigenvalue weighted by molar-refractivity contribution is 7.80. The van der Waals surface area contributed by atoms with E-state index in [0.29, 0.717) is 11.4 Å².